The van der Waals surface area contributed by atoms with Crippen molar-refractivity contribution in [3.63, 3.8) is 0 Å². The summed E-state index contributed by atoms with van der Waals surface area (Å²) in [5.41, 5.74) is 2.20. The zero-order chi connectivity index (χ0) is 13.1. The van der Waals surface area contributed by atoms with Gasteiger partial charge >= 0.3 is 0 Å². The van der Waals surface area contributed by atoms with Gasteiger partial charge in [0.05, 0.1) is 6.54 Å². The van der Waals surface area contributed by atoms with Gasteiger partial charge in [0.15, 0.2) is 0 Å². The summed E-state index contributed by atoms with van der Waals surface area (Å²) in [5.74, 6) is 0.954. The number of pyridine rings is 1. The van der Waals surface area contributed by atoms with Crippen LogP contribution in [0.25, 0.3) is 11.4 Å². The van der Waals surface area contributed by atoms with Gasteiger partial charge in [0.25, 0.3) is 0 Å². The van der Waals surface area contributed by atoms with Crippen molar-refractivity contribution in [3.05, 3.63) is 71.8 Å². The zero-order valence-corrected chi connectivity index (χ0v) is 11.0. The first-order valence-electron chi connectivity index (χ1n) is 6.00. The van der Waals surface area contributed by atoms with Crippen LogP contribution in [0.2, 0.25) is 5.15 Å². The predicted molar refractivity (Wildman–Crippen MR) is 76.0 cm³/mol. The van der Waals surface area contributed by atoms with E-state index < -0.39 is 0 Å². The summed E-state index contributed by atoms with van der Waals surface area (Å²) >= 11 is 5.79. The molecule has 0 amide bonds. The molecule has 19 heavy (non-hydrogen) atoms. The van der Waals surface area contributed by atoms with Gasteiger partial charge < -0.3 is 4.57 Å². The zero-order valence-electron chi connectivity index (χ0n) is 10.2. The molecule has 0 saturated heterocycles. The molecule has 94 valence electrons. The maximum absolute atomic E-state index is 5.79. The first-order chi connectivity index (χ1) is 9.33. The molecule has 0 bridgehead atoms. The number of nitrogens with zero attached hydrogens (tertiary/aromatic N) is 3. The first-order valence-corrected chi connectivity index (χ1v) is 6.38. The molecule has 4 heteroatoms. The van der Waals surface area contributed by atoms with E-state index >= 15 is 0 Å². The van der Waals surface area contributed by atoms with Crippen LogP contribution < -0.4 is 0 Å². The normalized spacial score (nSPS) is 10.6. The van der Waals surface area contributed by atoms with Gasteiger partial charge in [-0.2, -0.15) is 0 Å². The first kappa shape index (κ1) is 11.9. The standard InChI is InChI=1S/C15H12ClN3/c16-14-7-6-12(10-18-14)11-19-9-8-17-15(19)13-4-2-1-3-5-13/h1-10H,11H2. The molecule has 0 spiro atoms. The molecule has 0 atom stereocenters. The minimum Gasteiger partial charge on any atom is -0.327 e. The van der Waals surface area contributed by atoms with Crippen molar-refractivity contribution in [2.45, 2.75) is 6.54 Å². The van der Waals surface area contributed by atoms with E-state index in [1.807, 2.05) is 36.7 Å². The van der Waals surface area contributed by atoms with Crippen LogP contribution in [0, 0.1) is 0 Å². The summed E-state index contributed by atoms with van der Waals surface area (Å²) in [5, 5.41) is 0.512. The molecule has 0 aliphatic carbocycles. The molecular formula is C15H12ClN3. The van der Waals surface area contributed by atoms with Gasteiger partial charge in [-0.1, -0.05) is 48.0 Å². The van der Waals surface area contributed by atoms with E-state index in [1.54, 1.807) is 12.3 Å². The average molecular weight is 270 g/mol. The Labute approximate surface area is 116 Å². The maximum atomic E-state index is 5.79. The van der Waals surface area contributed by atoms with Gasteiger partial charge in [0.2, 0.25) is 0 Å². The van der Waals surface area contributed by atoms with Gasteiger partial charge in [-0.3, -0.25) is 0 Å². The number of imidazole rings is 1. The van der Waals surface area contributed by atoms with Crippen molar-refractivity contribution in [2.75, 3.05) is 0 Å². The van der Waals surface area contributed by atoms with E-state index in [2.05, 4.69) is 26.7 Å². The summed E-state index contributed by atoms with van der Waals surface area (Å²) < 4.78 is 2.10. The van der Waals surface area contributed by atoms with Gasteiger partial charge in [-0.25, -0.2) is 9.97 Å². The van der Waals surface area contributed by atoms with Crippen LogP contribution in [0.1, 0.15) is 5.56 Å². The molecular weight excluding hydrogens is 258 g/mol. The average Bonchev–Trinajstić information content (AvgIpc) is 2.90. The van der Waals surface area contributed by atoms with Crippen LogP contribution in [-0.2, 0) is 6.54 Å². The van der Waals surface area contributed by atoms with E-state index in [4.69, 9.17) is 11.6 Å². The third-order valence-corrected chi connectivity index (χ3v) is 3.11. The Hall–Kier alpha value is -2.13. The Morgan fingerprint density at radius 1 is 1.00 bits per heavy atom. The second kappa shape index (κ2) is 5.24. The fourth-order valence-corrected chi connectivity index (χ4v) is 2.09. The lowest BCUT2D eigenvalue weighted by atomic mass is 10.2. The number of rotatable bonds is 3. The van der Waals surface area contributed by atoms with E-state index in [9.17, 15) is 0 Å². The highest BCUT2D eigenvalue weighted by atomic mass is 35.5. The molecule has 3 nitrogen and oxygen atoms in total. The van der Waals surface area contributed by atoms with Gasteiger partial charge in [0, 0.05) is 24.2 Å². The molecule has 2 heterocycles. The van der Waals surface area contributed by atoms with Crippen LogP contribution in [0.15, 0.2) is 61.1 Å². The fourth-order valence-electron chi connectivity index (χ4n) is 1.98. The van der Waals surface area contributed by atoms with Crippen LogP contribution in [0.4, 0.5) is 0 Å². The van der Waals surface area contributed by atoms with Crippen molar-refractivity contribution in [1.29, 1.82) is 0 Å². The Kier molecular flexibility index (Phi) is 3.29. The molecule has 0 unspecified atom stereocenters. The lowest BCUT2D eigenvalue weighted by Gasteiger charge is -2.07. The van der Waals surface area contributed by atoms with E-state index in [-0.39, 0.29) is 0 Å². The predicted octanol–water partition coefficient (Wildman–Crippen LogP) is 3.65. The lowest BCUT2D eigenvalue weighted by molar-refractivity contribution is 0.803. The smallest absolute Gasteiger partial charge is 0.140 e. The largest absolute Gasteiger partial charge is 0.327 e. The van der Waals surface area contributed by atoms with Crippen LogP contribution in [0.5, 0.6) is 0 Å². The third-order valence-electron chi connectivity index (χ3n) is 2.89. The Balaban J connectivity index is 1.91. The Morgan fingerprint density at radius 3 is 2.58 bits per heavy atom. The molecule has 3 rings (SSSR count). The Bertz CT molecular complexity index is 659. The highest BCUT2D eigenvalue weighted by molar-refractivity contribution is 6.29. The number of halogens is 1. The van der Waals surface area contributed by atoms with Crippen LogP contribution >= 0.6 is 11.6 Å². The van der Waals surface area contributed by atoms with Gasteiger partial charge in [-0.15, -0.1) is 0 Å². The number of hydrogen-bond donors (Lipinski definition) is 0. The third kappa shape index (κ3) is 2.66. The summed E-state index contributed by atoms with van der Waals surface area (Å²) in [7, 11) is 0. The van der Waals surface area contributed by atoms with E-state index in [0.717, 1.165) is 23.5 Å². The molecule has 0 aliphatic heterocycles. The topological polar surface area (TPSA) is 30.7 Å². The van der Waals surface area contributed by atoms with Crippen molar-refractivity contribution in [2.24, 2.45) is 0 Å². The molecule has 1 aromatic carbocycles. The molecule has 0 radical (unpaired) electrons. The van der Waals surface area contributed by atoms with Crippen molar-refractivity contribution in [1.82, 2.24) is 14.5 Å². The summed E-state index contributed by atoms with van der Waals surface area (Å²) in [6, 6.07) is 13.9. The van der Waals surface area contributed by atoms with Crippen molar-refractivity contribution in [3.8, 4) is 11.4 Å². The number of aromatic nitrogens is 3. The molecule has 3 aromatic rings. The van der Waals surface area contributed by atoms with E-state index in [1.165, 1.54) is 0 Å². The quantitative estimate of drug-likeness (QED) is 0.680. The molecule has 0 fully saturated rings. The number of benzene rings is 1. The minimum absolute atomic E-state index is 0.512. The van der Waals surface area contributed by atoms with E-state index in [0.29, 0.717) is 5.15 Å². The highest BCUT2D eigenvalue weighted by Crippen LogP contribution is 2.18. The molecule has 2 aromatic heterocycles. The lowest BCUT2D eigenvalue weighted by Crippen LogP contribution is -2.01. The van der Waals surface area contributed by atoms with Gasteiger partial charge in [0.1, 0.15) is 11.0 Å². The van der Waals surface area contributed by atoms with Crippen molar-refractivity contribution >= 4 is 11.6 Å². The summed E-state index contributed by atoms with van der Waals surface area (Å²) in [4.78, 5) is 8.51. The second-order valence-electron chi connectivity index (χ2n) is 4.23. The van der Waals surface area contributed by atoms with Crippen LogP contribution in [0.3, 0.4) is 0 Å². The fraction of sp³-hybridized carbons (Fsp3) is 0.0667. The summed E-state index contributed by atoms with van der Waals surface area (Å²) in [6.45, 7) is 0.731. The van der Waals surface area contributed by atoms with Crippen LogP contribution in [-0.4, -0.2) is 14.5 Å². The van der Waals surface area contributed by atoms with Crippen molar-refractivity contribution < 1.29 is 0 Å². The van der Waals surface area contributed by atoms with Gasteiger partial charge in [-0.05, 0) is 11.6 Å². The highest BCUT2D eigenvalue weighted by Gasteiger charge is 2.05. The molecule has 0 aliphatic rings. The molecule has 0 N–H and O–H groups in total. The summed E-state index contributed by atoms with van der Waals surface area (Å²) in [6.07, 6.45) is 5.57. The SMILES string of the molecule is Clc1ccc(Cn2ccnc2-c2ccccc2)cn1. The minimum atomic E-state index is 0.512. The monoisotopic (exact) mass is 269 g/mol. The Morgan fingerprint density at radius 2 is 1.84 bits per heavy atom. The number of hydrogen-bond acceptors (Lipinski definition) is 2. The second-order valence-corrected chi connectivity index (χ2v) is 4.62. The maximum Gasteiger partial charge on any atom is 0.140 e. The molecule has 0 saturated carbocycles.